The van der Waals surface area contributed by atoms with E-state index in [4.69, 9.17) is 18.9 Å². The van der Waals surface area contributed by atoms with Gasteiger partial charge >= 0.3 is 30.2 Å². The molecule has 0 unspecified atom stereocenters. The molecule has 0 aliphatic heterocycles. The number of halogens is 3. The molecule has 8 nitrogen and oxygen atoms in total. The Balaban J connectivity index is 1.46. The molecule has 41 heavy (non-hydrogen) atoms. The molecule has 11 heteroatoms. The summed E-state index contributed by atoms with van der Waals surface area (Å²) in [6.45, 7) is 4.16. The van der Waals surface area contributed by atoms with E-state index in [1.54, 1.807) is 24.3 Å². The molecule has 0 bridgehead atoms. The summed E-state index contributed by atoms with van der Waals surface area (Å²) in [5.41, 5.74) is 1.95. The Bertz CT molecular complexity index is 1440. The van der Waals surface area contributed by atoms with Gasteiger partial charge in [0.25, 0.3) is 0 Å². The van der Waals surface area contributed by atoms with Gasteiger partial charge in [-0.15, -0.1) is 15.0 Å². The average molecular weight is 568 g/mol. The van der Waals surface area contributed by atoms with Crippen LogP contribution in [0.1, 0.15) is 47.9 Å². The first-order valence-corrected chi connectivity index (χ1v) is 12.7. The molecule has 0 spiro atoms. The zero-order chi connectivity index (χ0) is 29.6. The quantitative estimate of drug-likeness (QED) is 0.190. The molecule has 0 saturated heterocycles. The van der Waals surface area contributed by atoms with Gasteiger partial charge in [-0.1, -0.05) is 50.2 Å². The third kappa shape index (κ3) is 7.71. The van der Waals surface area contributed by atoms with E-state index >= 15 is 0 Å². The molecule has 0 amide bonds. The molecule has 214 valence electrons. The van der Waals surface area contributed by atoms with Crippen molar-refractivity contribution in [2.75, 3.05) is 14.2 Å². The highest BCUT2D eigenvalue weighted by Crippen LogP contribution is 2.33. The molecule has 0 radical (unpaired) electrons. The topological polar surface area (TPSA) is 92.7 Å². The van der Waals surface area contributed by atoms with Crippen LogP contribution in [0.25, 0.3) is 11.1 Å². The van der Waals surface area contributed by atoms with Crippen molar-refractivity contribution in [3.63, 3.8) is 0 Å². The number of hydrogen-bond acceptors (Lipinski definition) is 8. The summed E-state index contributed by atoms with van der Waals surface area (Å²) in [6.07, 6.45) is -3.95. The molecule has 1 heterocycles. The minimum atomic E-state index is -4.38. The van der Waals surface area contributed by atoms with E-state index in [9.17, 15) is 18.0 Å². The maximum Gasteiger partial charge on any atom is 0.416 e. The van der Waals surface area contributed by atoms with Crippen LogP contribution in [-0.2, 0) is 6.18 Å². The van der Waals surface area contributed by atoms with Crippen molar-refractivity contribution >= 4 is 5.97 Å². The van der Waals surface area contributed by atoms with Crippen LogP contribution >= 0.6 is 0 Å². The number of ether oxygens (including phenoxy) is 4. The number of nitrogens with zero attached hydrogens (tertiary/aromatic N) is 3. The van der Waals surface area contributed by atoms with E-state index in [1.165, 1.54) is 26.4 Å². The van der Waals surface area contributed by atoms with E-state index in [1.807, 2.05) is 24.3 Å². The molecule has 0 aliphatic rings. The van der Waals surface area contributed by atoms with E-state index in [-0.39, 0.29) is 29.7 Å². The average Bonchev–Trinajstić information content (AvgIpc) is 2.96. The van der Waals surface area contributed by atoms with Crippen LogP contribution in [0.2, 0.25) is 0 Å². The van der Waals surface area contributed by atoms with Crippen LogP contribution in [0.3, 0.4) is 0 Å². The Morgan fingerprint density at radius 1 is 0.756 bits per heavy atom. The van der Waals surface area contributed by atoms with Gasteiger partial charge in [0.05, 0.1) is 25.3 Å². The first-order valence-electron chi connectivity index (χ1n) is 12.7. The smallest absolute Gasteiger partial charge is 0.416 e. The van der Waals surface area contributed by atoms with E-state index < -0.39 is 17.7 Å². The van der Waals surface area contributed by atoms with Crippen molar-refractivity contribution in [1.82, 2.24) is 15.0 Å². The number of carbonyl (C=O) groups excluding carboxylic acids is 1. The van der Waals surface area contributed by atoms with Gasteiger partial charge in [-0.25, -0.2) is 4.79 Å². The lowest BCUT2D eigenvalue weighted by Crippen LogP contribution is -2.13. The summed E-state index contributed by atoms with van der Waals surface area (Å²) >= 11 is 0. The zero-order valence-corrected chi connectivity index (χ0v) is 22.8. The van der Waals surface area contributed by atoms with Crippen LogP contribution < -0.4 is 18.9 Å². The predicted molar refractivity (Wildman–Crippen MR) is 144 cm³/mol. The Labute approximate surface area is 235 Å². The lowest BCUT2D eigenvalue weighted by Gasteiger charge is -2.22. The number of hydrogen-bond donors (Lipinski definition) is 0. The van der Waals surface area contributed by atoms with Crippen molar-refractivity contribution in [2.24, 2.45) is 5.92 Å². The number of methoxy groups -OCH3 is 2. The molecule has 4 rings (SSSR count). The Hall–Kier alpha value is -4.67. The first-order chi connectivity index (χ1) is 19.5. The second kappa shape index (κ2) is 12.7. The highest BCUT2D eigenvalue weighted by molar-refractivity contribution is 5.90. The number of carbonyl (C=O) groups is 1. The van der Waals surface area contributed by atoms with Gasteiger partial charge in [-0.05, 0) is 65.4 Å². The summed E-state index contributed by atoms with van der Waals surface area (Å²) in [5.74, 6) is 0.171. The van der Waals surface area contributed by atoms with Crippen LogP contribution in [0.4, 0.5) is 13.2 Å². The predicted octanol–water partition coefficient (Wildman–Crippen LogP) is 6.96. The normalized spacial score (nSPS) is 12.1. The fourth-order valence-corrected chi connectivity index (χ4v) is 3.95. The van der Waals surface area contributed by atoms with Crippen molar-refractivity contribution in [3.8, 4) is 34.9 Å². The van der Waals surface area contributed by atoms with Gasteiger partial charge in [-0.3, -0.25) is 0 Å². The number of esters is 1. The largest absolute Gasteiger partial charge is 0.486 e. The number of benzene rings is 3. The van der Waals surface area contributed by atoms with Gasteiger partial charge in [0.15, 0.2) is 0 Å². The summed E-state index contributed by atoms with van der Waals surface area (Å²) in [5, 5.41) is 0. The van der Waals surface area contributed by atoms with Crippen molar-refractivity contribution in [2.45, 2.75) is 32.5 Å². The van der Waals surface area contributed by atoms with E-state index in [0.717, 1.165) is 23.3 Å². The minimum absolute atomic E-state index is 0.0630. The zero-order valence-electron chi connectivity index (χ0n) is 22.8. The SMILES string of the molecule is COc1nc(OC)nc(OC(=O)c2ccc(O[C@@H](CC(C)C)c3ccc(-c4ccc(C(F)(F)F)cc4)cc3)cc2)n1. The van der Waals surface area contributed by atoms with Gasteiger partial charge in [-0.2, -0.15) is 13.2 Å². The lowest BCUT2D eigenvalue weighted by molar-refractivity contribution is -0.137. The fourth-order valence-electron chi connectivity index (χ4n) is 3.95. The first kappa shape index (κ1) is 29.3. The van der Waals surface area contributed by atoms with Gasteiger partial charge < -0.3 is 18.9 Å². The molecule has 1 aromatic heterocycles. The second-order valence-electron chi connectivity index (χ2n) is 9.44. The summed E-state index contributed by atoms with van der Waals surface area (Å²) in [7, 11) is 2.72. The summed E-state index contributed by atoms with van der Waals surface area (Å²) < 4.78 is 60.1. The molecule has 0 aliphatic carbocycles. The lowest BCUT2D eigenvalue weighted by atomic mass is 9.96. The molecule has 0 saturated carbocycles. The highest BCUT2D eigenvalue weighted by atomic mass is 19.4. The Morgan fingerprint density at radius 3 is 1.76 bits per heavy atom. The standard InChI is InChI=1S/C30H28F3N3O5/c1-18(2)17-25(21-7-5-19(6-8-21)20-9-13-23(14-10-20)30(31,32)33)40-24-15-11-22(12-16-24)26(37)41-29-35-27(38-3)34-28(36-29)39-4/h5-16,18,25H,17H2,1-4H3/t25-/m0/s1. The summed E-state index contributed by atoms with van der Waals surface area (Å²) in [4.78, 5) is 24.3. The van der Waals surface area contributed by atoms with Crippen molar-refractivity contribution in [3.05, 3.63) is 89.5 Å². The molecule has 0 fully saturated rings. The number of aromatic nitrogens is 3. The molecular formula is C30H28F3N3O5. The third-order valence-electron chi connectivity index (χ3n) is 6.00. The fraction of sp³-hybridized carbons (Fsp3) is 0.267. The van der Waals surface area contributed by atoms with Crippen molar-refractivity contribution in [1.29, 1.82) is 0 Å². The van der Waals surface area contributed by atoms with Crippen LogP contribution in [0.15, 0.2) is 72.8 Å². The number of alkyl halides is 3. The highest BCUT2D eigenvalue weighted by Gasteiger charge is 2.30. The molecule has 4 aromatic rings. The van der Waals surface area contributed by atoms with Crippen LogP contribution in [-0.4, -0.2) is 35.1 Å². The van der Waals surface area contributed by atoms with E-state index in [0.29, 0.717) is 23.7 Å². The maximum absolute atomic E-state index is 12.9. The summed E-state index contributed by atoms with van der Waals surface area (Å²) in [6, 6.07) is 18.7. The van der Waals surface area contributed by atoms with Gasteiger partial charge in [0.1, 0.15) is 11.9 Å². The second-order valence-corrected chi connectivity index (χ2v) is 9.44. The van der Waals surface area contributed by atoms with Gasteiger partial charge in [0.2, 0.25) is 0 Å². The molecule has 0 N–H and O–H groups in total. The van der Waals surface area contributed by atoms with Gasteiger partial charge in [0, 0.05) is 0 Å². The van der Waals surface area contributed by atoms with E-state index in [2.05, 4.69) is 28.8 Å². The molecular weight excluding hydrogens is 539 g/mol. The van der Waals surface area contributed by atoms with Crippen LogP contribution in [0, 0.1) is 5.92 Å². The monoisotopic (exact) mass is 567 g/mol. The maximum atomic E-state index is 12.9. The number of rotatable bonds is 10. The minimum Gasteiger partial charge on any atom is -0.486 e. The van der Waals surface area contributed by atoms with Crippen molar-refractivity contribution < 1.29 is 36.9 Å². The third-order valence-corrected chi connectivity index (χ3v) is 6.00. The molecule has 3 aromatic carbocycles. The Kier molecular flexibility index (Phi) is 9.06. The molecule has 1 atom stereocenters. The Morgan fingerprint density at radius 2 is 1.27 bits per heavy atom. The van der Waals surface area contributed by atoms with Crippen LogP contribution in [0.5, 0.6) is 23.8 Å².